The minimum atomic E-state index is -1.17. The summed E-state index contributed by atoms with van der Waals surface area (Å²) in [5.74, 6) is -1.80. The zero-order chi connectivity index (χ0) is 17.6. The maximum Gasteiger partial charge on any atom is 0.335 e. The molecule has 0 aliphatic heterocycles. The Labute approximate surface area is 135 Å². The monoisotopic (exact) mass is 324 g/mol. The fourth-order valence-corrected chi connectivity index (χ4v) is 2.56. The van der Waals surface area contributed by atoms with Gasteiger partial charge in [-0.25, -0.2) is 4.79 Å². The largest absolute Gasteiger partial charge is 0.478 e. The van der Waals surface area contributed by atoms with Crippen LogP contribution >= 0.6 is 0 Å². The highest BCUT2D eigenvalue weighted by Crippen LogP contribution is 2.25. The Bertz CT molecular complexity index is 1100. The average molecular weight is 324 g/mol. The molecule has 3 rings (SSSR count). The van der Waals surface area contributed by atoms with Crippen molar-refractivity contribution in [3.63, 3.8) is 0 Å². The number of fused-ring (bicyclic) bond motifs is 2. The van der Waals surface area contributed by atoms with Gasteiger partial charge in [0.15, 0.2) is 11.6 Å². The van der Waals surface area contributed by atoms with Crippen molar-refractivity contribution in [2.45, 2.75) is 13.8 Å². The van der Waals surface area contributed by atoms with Crippen LogP contribution in [0, 0.1) is 0 Å². The third-order valence-electron chi connectivity index (χ3n) is 3.80. The third-order valence-corrected chi connectivity index (χ3v) is 3.80. The minimum Gasteiger partial charge on any atom is -0.478 e. The van der Waals surface area contributed by atoms with E-state index in [-0.39, 0.29) is 50.2 Å². The zero-order valence-corrected chi connectivity index (χ0v) is 12.9. The number of carboxylic acids is 1. The molecule has 6 nitrogen and oxygen atoms in total. The Morgan fingerprint density at radius 2 is 1.58 bits per heavy atom. The molecule has 0 bridgehead atoms. The van der Waals surface area contributed by atoms with Crippen molar-refractivity contribution in [1.82, 2.24) is 0 Å². The lowest BCUT2D eigenvalue weighted by Crippen LogP contribution is -2.08. The summed E-state index contributed by atoms with van der Waals surface area (Å²) in [6.07, 6.45) is 0. The Kier molecular flexibility index (Phi) is 3.52. The van der Waals surface area contributed by atoms with Gasteiger partial charge in [-0.1, -0.05) is 0 Å². The predicted molar refractivity (Wildman–Crippen MR) is 87.0 cm³/mol. The summed E-state index contributed by atoms with van der Waals surface area (Å²) in [7, 11) is 0. The number of aromatic carboxylic acids is 1. The minimum absolute atomic E-state index is 0.0522. The lowest BCUT2D eigenvalue weighted by Gasteiger charge is -2.07. The van der Waals surface area contributed by atoms with Crippen molar-refractivity contribution in [2.24, 2.45) is 0 Å². The van der Waals surface area contributed by atoms with E-state index in [0.717, 1.165) is 0 Å². The lowest BCUT2D eigenvalue weighted by molar-refractivity contribution is 0.0696. The molecule has 0 unspecified atom stereocenters. The summed E-state index contributed by atoms with van der Waals surface area (Å²) in [6, 6.07) is 6.67. The zero-order valence-electron chi connectivity index (χ0n) is 12.9. The smallest absolute Gasteiger partial charge is 0.335 e. The highest BCUT2D eigenvalue weighted by Gasteiger charge is 2.17. The molecule has 0 spiro atoms. The van der Waals surface area contributed by atoms with Crippen molar-refractivity contribution < 1.29 is 23.9 Å². The quantitative estimate of drug-likeness (QED) is 0.587. The Hall–Kier alpha value is -3.28. The van der Waals surface area contributed by atoms with Gasteiger partial charge in [0.1, 0.15) is 11.2 Å². The Morgan fingerprint density at radius 3 is 2.17 bits per heavy atom. The van der Waals surface area contributed by atoms with Gasteiger partial charge < -0.3 is 9.52 Å². The lowest BCUT2D eigenvalue weighted by atomic mass is 10.00. The van der Waals surface area contributed by atoms with Gasteiger partial charge in [0.2, 0.25) is 5.43 Å². The second kappa shape index (κ2) is 5.42. The van der Waals surface area contributed by atoms with Crippen molar-refractivity contribution >= 4 is 39.5 Å². The van der Waals surface area contributed by atoms with E-state index in [0.29, 0.717) is 0 Å². The SMILES string of the molecule is CC(=O)c1cc(C(C)=O)c2oc3ccc(C(=O)O)cc3c(=O)c2c1. The second-order valence-corrected chi connectivity index (χ2v) is 5.46. The van der Waals surface area contributed by atoms with Crippen molar-refractivity contribution in [3.05, 3.63) is 57.2 Å². The Balaban J connectivity index is 2.52. The first kappa shape index (κ1) is 15.6. The molecule has 3 aromatic rings. The topological polar surface area (TPSA) is 102 Å². The molecular formula is C18H12O6. The number of Topliss-reactive ketones (excluding diaryl/α,β-unsaturated/α-hetero) is 2. The van der Waals surface area contributed by atoms with Gasteiger partial charge in [0, 0.05) is 5.56 Å². The fraction of sp³-hybridized carbons (Fsp3) is 0.111. The van der Waals surface area contributed by atoms with Crippen LogP contribution in [-0.4, -0.2) is 22.6 Å². The first-order chi connectivity index (χ1) is 11.3. The van der Waals surface area contributed by atoms with E-state index in [4.69, 9.17) is 9.52 Å². The molecule has 0 radical (unpaired) electrons. The highest BCUT2D eigenvalue weighted by atomic mass is 16.4. The average Bonchev–Trinajstić information content (AvgIpc) is 2.53. The fourth-order valence-electron chi connectivity index (χ4n) is 2.56. The van der Waals surface area contributed by atoms with Crippen LogP contribution in [-0.2, 0) is 0 Å². The molecule has 0 fully saturated rings. The van der Waals surface area contributed by atoms with E-state index in [1.54, 1.807) is 0 Å². The van der Waals surface area contributed by atoms with Gasteiger partial charge in [0.25, 0.3) is 0 Å². The number of hydrogen-bond acceptors (Lipinski definition) is 5. The molecule has 1 aromatic heterocycles. The van der Waals surface area contributed by atoms with Crippen LogP contribution in [0.1, 0.15) is 44.9 Å². The first-order valence-electron chi connectivity index (χ1n) is 7.09. The van der Waals surface area contributed by atoms with E-state index in [2.05, 4.69) is 0 Å². The van der Waals surface area contributed by atoms with E-state index in [9.17, 15) is 19.2 Å². The van der Waals surface area contributed by atoms with Crippen LogP contribution in [0.3, 0.4) is 0 Å². The van der Waals surface area contributed by atoms with Crippen molar-refractivity contribution in [1.29, 1.82) is 0 Å². The molecule has 0 saturated carbocycles. The summed E-state index contributed by atoms with van der Waals surface area (Å²) in [5, 5.41) is 9.21. The number of rotatable bonds is 3. The maximum absolute atomic E-state index is 12.7. The third kappa shape index (κ3) is 2.38. The molecule has 0 amide bonds. The maximum atomic E-state index is 12.7. The molecule has 2 aromatic carbocycles. The summed E-state index contributed by atoms with van der Waals surface area (Å²) in [5.41, 5.74) is 0.0833. The molecule has 0 saturated heterocycles. The van der Waals surface area contributed by atoms with Crippen LogP contribution in [0.4, 0.5) is 0 Å². The standard InChI is InChI=1S/C18H12O6/c1-8(19)11-6-12(9(2)20)17-14(7-11)16(21)13-5-10(18(22)23)3-4-15(13)24-17/h3-7H,1-2H3,(H,22,23). The molecule has 0 aliphatic carbocycles. The molecule has 0 aliphatic rings. The number of carbonyl (C=O) groups excluding carboxylic acids is 2. The van der Waals surface area contributed by atoms with Gasteiger partial charge in [-0.2, -0.15) is 0 Å². The van der Waals surface area contributed by atoms with Gasteiger partial charge in [-0.05, 0) is 44.2 Å². The van der Waals surface area contributed by atoms with Gasteiger partial charge in [-0.3, -0.25) is 14.4 Å². The van der Waals surface area contributed by atoms with Gasteiger partial charge in [-0.15, -0.1) is 0 Å². The Morgan fingerprint density at radius 1 is 0.917 bits per heavy atom. The summed E-state index contributed by atoms with van der Waals surface area (Å²) < 4.78 is 5.66. The highest BCUT2D eigenvalue weighted by molar-refractivity contribution is 6.10. The van der Waals surface area contributed by atoms with E-state index in [1.165, 1.54) is 44.2 Å². The molecule has 6 heteroatoms. The van der Waals surface area contributed by atoms with Crippen molar-refractivity contribution in [2.75, 3.05) is 0 Å². The molecular weight excluding hydrogens is 312 g/mol. The van der Waals surface area contributed by atoms with Gasteiger partial charge in [0.05, 0.1) is 21.9 Å². The van der Waals surface area contributed by atoms with Crippen LogP contribution < -0.4 is 5.43 Å². The number of carbonyl (C=O) groups is 3. The summed E-state index contributed by atoms with van der Waals surface area (Å²) >= 11 is 0. The number of hydrogen-bond donors (Lipinski definition) is 1. The molecule has 120 valence electrons. The van der Waals surface area contributed by atoms with E-state index < -0.39 is 11.4 Å². The first-order valence-corrected chi connectivity index (χ1v) is 7.09. The normalized spacial score (nSPS) is 10.9. The number of ketones is 2. The van der Waals surface area contributed by atoms with E-state index >= 15 is 0 Å². The van der Waals surface area contributed by atoms with Crippen molar-refractivity contribution in [3.8, 4) is 0 Å². The van der Waals surface area contributed by atoms with Crippen LogP contribution in [0.5, 0.6) is 0 Å². The number of carboxylic acid groups (broad SMARTS) is 1. The van der Waals surface area contributed by atoms with Gasteiger partial charge >= 0.3 is 5.97 Å². The summed E-state index contributed by atoms with van der Waals surface area (Å²) in [4.78, 5) is 47.4. The van der Waals surface area contributed by atoms with Crippen LogP contribution in [0.25, 0.3) is 21.9 Å². The van der Waals surface area contributed by atoms with Crippen LogP contribution in [0.2, 0.25) is 0 Å². The molecule has 24 heavy (non-hydrogen) atoms. The second-order valence-electron chi connectivity index (χ2n) is 5.46. The summed E-state index contributed by atoms with van der Waals surface area (Å²) in [6.45, 7) is 2.65. The molecule has 1 N–H and O–H groups in total. The number of benzene rings is 2. The van der Waals surface area contributed by atoms with E-state index in [1.807, 2.05) is 0 Å². The predicted octanol–water partition coefficient (Wildman–Crippen LogP) is 3.05. The molecule has 0 atom stereocenters. The van der Waals surface area contributed by atoms with Crippen LogP contribution in [0.15, 0.2) is 39.5 Å². The molecule has 1 heterocycles.